The first-order valence-electron chi connectivity index (χ1n) is 9.17. The van der Waals surface area contributed by atoms with Gasteiger partial charge in [0.1, 0.15) is 5.75 Å². The zero-order valence-electron chi connectivity index (χ0n) is 16.3. The van der Waals surface area contributed by atoms with Crippen molar-refractivity contribution in [2.75, 3.05) is 6.61 Å². The lowest BCUT2D eigenvalue weighted by molar-refractivity contribution is 0.0953. The average molecular weight is 472 g/mol. The number of hydrogen-bond acceptors (Lipinski definition) is 4. The fourth-order valence-corrected chi connectivity index (χ4v) is 4.14. The fraction of sp³-hybridized carbons (Fsp3) is 0.182. The quantitative estimate of drug-likeness (QED) is 0.384. The molecule has 0 atom stereocenters. The van der Waals surface area contributed by atoms with Gasteiger partial charge in [-0.1, -0.05) is 33.3 Å². The summed E-state index contributed by atoms with van der Waals surface area (Å²) < 4.78 is 8.50. The highest BCUT2D eigenvalue weighted by Crippen LogP contribution is 2.27. The third-order valence-corrected chi connectivity index (χ3v) is 5.71. The van der Waals surface area contributed by atoms with E-state index in [9.17, 15) is 4.79 Å². The van der Waals surface area contributed by atoms with Gasteiger partial charge in [0.25, 0.3) is 5.91 Å². The first-order valence-corrected chi connectivity index (χ1v) is 10.8. The van der Waals surface area contributed by atoms with Crippen molar-refractivity contribution in [3.63, 3.8) is 0 Å². The predicted octanol–water partition coefficient (Wildman–Crippen LogP) is 5.12. The van der Waals surface area contributed by atoms with E-state index in [0.717, 1.165) is 26.4 Å². The van der Waals surface area contributed by atoms with Crippen LogP contribution in [0.1, 0.15) is 22.2 Å². The summed E-state index contributed by atoms with van der Waals surface area (Å²) in [4.78, 5) is 14.2. The number of thiazole rings is 1. The van der Waals surface area contributed by atoms with Crippen LogP contribution in [0.5, 0.6) is 5.75 Å². The normalized spacial score (nSPS) is 11.3. The van der Waals surface area contributed by atoms with E-state index in [-0.39, 0.29) is 5.91 Å². The number of hydrogen-bond donors (Lipinski definition) is 1. The van der Waals surface area contributed by atoms with Crippen molar-refractivity contribution in [2.45, 2.75) is 20.4 Å². The van der Waals surface area contributed by atoms with E-state index >= 15 is 0 Å². The number of ether oxygens (including phenoxy) is 1. The number of benzene rings is 2. The van der Waals surface area contributed by atoms with Crippen LogP contribution < -0.4 is 15.0 Å². The van der Waals surface area contributed by atoms with Gasteiger partial charge < -0.3 is 9.30 Å². The van der Waals surface area contributed by atoms with E-state index < -0.39 is 0 Å². The Labute approximate surface area is 182 Å². The number of aryl methyl sites for hydroxylation is 1. The molecule has 0 saturated carbocycles. The van der Waals surface area contributed by atoms with Crippen LogP contribution >= 0.6 is 27.3 Å². The summed E-state index contributed by atoms with van der Waals surface area (Å²) in [7, 11) is 0. The fourth-order valence-electron chi connectivity index (χ4n) is 2.91. The Bertz CT molecular complexity index is 1070. The van der Waals surface area contributed by atoms with Crippen LogP contribution in [0.25, 0.3) is 11.3 Å². The molecule has 0 spiro atoms. The van der Waals surface area contributed by atoms with Gasteiger partial charge in [0.15, 0.2) is 0 Å². The summed E-state index contributed by atoms with van der Waals surface area (Å²) in [6.07, 6.45) is 1.82. The van der Waals surface area contributed by atoms with E-state index in [2.05, 4.69) is 33.0 Å². The summed E-state index contributed by atoms with van der Waals surface area (Å²) in [6, 6.07) is 15.1. The van der Waals surface area contributed by atoms with E-state index in [1.807, 2.05) is 60.9 Å². The van der Waals surface area contributed by atoms with E-state index in [1.165, 1.54) is 11.3 Å². The molecule has 7 heteroatoms. The number of aromatic nitrogens is 1. The van der Waals surface area contributed by atoms with Crippen LogP contribution in [0.4, 0.5) is 0 Å². The Balaban J connectivity index is 1.94. The second kappa shape index (κ2) is 9.71. The highest BCUT2D eigenvalue weighted by molar-refractivity contribution is 9.10. The molecule has 1 aromatic heterocycles. The van der Waals surface area contributed by atoms with Gasteiger partial charge in [-0.2, -0.15) is 0 Å². The maximum Gasteiger partial charge on any atom is 0.271 e. The van der Waals surface area contributed by atoms with Gasteiger partial charge in [-0.15, -0.1) is 11.7 Å². The Morgan fingerprint density at radius 1 is 1.24 bits per heavy atom. The molecule has 5 nitrogen and oxygen atoms in total. The van der Waals surface area contributed by atoms with Gasteiger partial charge in [0.05, 0.1) is 12.3 Å². The lowest BCUT2D eigenvalue weighted by Gasteiger charge is -2.09. The van der Waals surface area contributed by atoms with Crippen molar-refractivity contribution in [1.29, 1.82) is 0 Å². The highest BCUT2D eigenvalue weighted by Gasteiger charge is 2.13. The molecule has 0 bridgehead atoms. The topological polar surface area (TPSA) is 55.6 Å². The molecule has 1 heterocycles. The number of nitrogens with zero attached hydrogens (tertiary/aromatic N) is 2. The smallest absolute Gasteiger partial charge is 0.271 e. The molecule has 0 saturated heterocycles. The Kier molecular flexibility index (Phi) is 7.06. The number of amides is 1. The molecule has 3 aromatic rings. The Morgan fingerprint density at radius 3 is 2.55 bits per heavy atom. The van der Waals surface area contributed by atoms with Crippen LogP contribution in [0.2, 0.25) is 0 Å². The molecule has 2 aromatic carbocycles. The van der Waals surface area contributed by atoms with Gasteiger partial charge in [-0.3, -0.25) is 4.79 Å². The molecule has 29 heavy (non-hydrogen) atoms. The van der Waals surface area contributed by atoms with Crippen LogP contribution in [0.15, 0.2) is 70.8 Å². The third-order valence-electron chi connectivity index (χ3n) is 4.19. The molecular weight excluding hydrogens is 450 g/mol. The highest BCUT2D eigenvalue weighted by atomic mass is 79.9. The van der Waals surface area contributed by atoms with Crippen LogP contribution in [0, 0.1) is 6.92 Å². The molecule has 1 amide bonds. The maximum atomic E-state index is 12.4. The number of carbonyl (C=O) groups excluding carboxylic acids is 1. The predicted molar refractivity (Wildman–Crippen MR) is 121 cm³/mol. The minimum absolute atomic E-state index is 0.253. The number of nitrogens with one attached hydrogen (secondary N) is 1. The molecule has 0 radical (unpaired) electrons. The third kappa shape index (κ3) is 5.05. The largest absolute Gasteiger partial charge is 0.494 e. The zero-order chi connectivity index (χ0) is 20.8. The monoisotopic (exact) mass is 471 g/mol. The second-order valence-corrected chi connectivity index (χ2v) is 8.30. The number of carbonyl (C=O) groups is 1. The van der Waals surface area contributed by atoms with Gasteiger partial charge in [0, 0.05) is 21.5 Å². The van der Waals surface area contributed by atoms with Gasteiger partial charge in [0.2, 0.25) is 4.80 Å². The molecule has 0 aliphatic carbocycles. The lowest BCUT2D eigenvalue weighted by Crippen LogP contribution is -2.24. The summed E-state index contributed by atoms with van der Waals surface area (Å²) in [5, 5.41) is 4.38. The molecule has 0 fully saturated rings. The van der Waals surface area contributed by atoms with Crippen LogP contribution in [-0.4, -0.2) is 17.1 Å². The van der Waals surface area contributed by atoms with Crippen molar-refractivity contribution >= 4 is 33.2 Å². The summed E-state index contributed by atoms with van der Waals surface area (Å²) >= 11 is 4.89. The molecule has 0 aliphatic rings. The Morgan fingerprint density at radius 2 is 1.93 bits per heavy atom. The molecule has 150 valence electrons. The minimum atomic E-state index is -0.253. The number of halogens is 1. The maximum absolute atomic E-state index is 12.4. The van der Waals surface area contributed by atoms with Crippen molar-refractivity contribution in [2.24, 2.45) is 5.10 Å². The van der Waals surface area contributed by atoms with Gasteiger partial charge in [-0.05, 0) is 67.9 Å². The lowest BCUT2D eigenvalue weighted by atomic mass is 10.1. The Hall–Kier alpha value is -2.64. The number of allylic oxidation sites excluding steroid dienone is 1. The first kappa shape index (κ1) is 21.1. The van der Waals surface area contributed by atoms with E-state index in [4.69, 9.17) is 4.74 Å². The first-order chi connectivity index (χ1) is 14.0. The van der Waals surface area contributed by atoms with E-state index in [0.29, 0.717) is 23.5 Å². The molecule has 1 N–H and O–H groups in total. The van der Waals surface area contributed by atoms with Crippen molar-refractivity contribution in [3.05, 3.63) is 80.9 Å². The standard InChI is InChI=1S/C22H22BrN3O2S/c1-4-14-26-20(16-8-12-19(13-9-16)28-5-2)15(3)29-22(26)25-24-21(27)17-6-10-18(23)11-7-17/h4,6-13H,1,5,14H2,2-3H3,(H,24,27)/b25-22-. The summed E-state index contributed by atoms with van der Waals surface area (Å²) in [5.41, 5.74) is 5.32. The molecule has 3 rings (SSSR count). The van der Waals surface area contributed by atoms with E-state index in [1.54, 1.807) is 12.1 Å². The van der Waals surface area contributed by atoms with Crippen molar-refractivity contribution in [3.8, 4) is 17.0 Å². The number of rotatable bonds is 7. The SMILES string of the molecule is C=CCn1c(-c2ccc(OCC)cc2)c(C)s/c1=N\NC(=O)c1ccc(Br)cc1. The summed E-state index contributed by atoms with van der Waals surface area (Å²) in [6.45, 7) is 9.09. The van der Waals surface area contributed by atoms with Crippen molar-refractivity contribution in [1.82, 2.24) is 9.99 Å². The zero-order valence-corrected chi connectivity index (χ0v) is 18.7. The van der Waals surface area contributed by atoms with Gasteiger partial charge in [-0.25, -0.2) is 5.43 Å². The van der Waals surface area contributed by atoms with Crippen LogP contribution in [-0.2, 0) is 6.54 Å². The van der Waals surface area contributed by atoms with Gasteiger partial charge >= 0.3 is 0 Å². The molecule has 0 unspecified atom stereocenters. The van der Waals surface area contributed by atoms with Crippen LogP contribution in [0.3, 0.4) is 0 Å². The minimum Gasteiger partial charge on any atom is -0.494 e. The van der Waals surface area contributed by atoms with Crippen molar-refractivity contribution < 1.29 is 9.53 Å². The second-order valence-electron chi connectivity index (χ2n) is 6.21. The molecular formula is C22H22BrN3O2S. The molecule has 0 aliphatic heterocycles. The average Bonchev–Trinajstić information content (AvgIpc) is 3.03. The summed E-state index contributed by atoms with van der Waals surface area (Å²) in [5.74, 6) is 0.586.